The highest BCUT2D eigenvalue weighted by Crippen LogP contribution is 2.40. The normalized spacial score (nSPS) is 23.1. The molecule has 0 bridgehead atoms. The van der Waals surface area contributed by atoms with Crippen LogP contribution in [0.2, 0.25) is 0 Å². The topological polar surface area (TPSA) is 55.8 Å². The summed E-state index contributed by atoms with van der Waals surface area (Å²) < 4.78 is 10.5. The lowest BCUT2D eigenvalue weighted by atomic mass is 9.96. The van der Waals surface area contributed by atoms with Crippen LogP contribution in [0.15, 0.2) is 18.2 Å². The molecule has 1 aromatic carbocycles. The van der Waals surface area contributed by atoms with E-state index in [2.05, 4.69) is 0 Å². The van der Waals surface area contributed by atoms with Gasteiger partial charge in [-0.05, 0) is 25.1 Å². The molecule has 1 heterocycles. The van der Waals surface area contributed by atoms with Gasteiger partial charge in [0.05, 0.1) is 7.11 Å². The van der Waals surface area contributed by atoms with Crippen molar-refractivity contribution in [2.24, 2.45) is 0 Å². The largest absolute Gasteiger partial charge is 0.497 e. The van der Waals surface area contributed by atoms with Crippen LogP contribution in [-0.4, -0.2) is 24.3 Å². The monoisotopic (exact) mass is 208 g/mol. The number of carboxylic acid groups (broad SMARTS) is 1. The number of hydrogen-bond donors (Lipinski definition) is 1. The third-order valence-electron chi connectivity index (χ3n) is 2.60. The van der Waals surface area contributed by atoms with Crippen molar-refractivity contribution in [1.82, 2.24) is 0 Å². The SMILES string of the molecule is COc1ccc2c(c1)C(C(=O)O)C(C)O2. The third kappa shape index (κ3) is 1.52. The Morgan fingerprint density at radius 1 is 1.53 bits per heavy atom. The summed E-state index contributed by atoms with van der Waals surface area (Å²) in [4.78, 5) is 11.1. The molecule has 4 nitrogen and oxygen atoms in total. The Morgan fingerprint density at radius 2 is 2.27 bits per heavy atom. The number of hydrogen-bond acceptors (Lipinski definition) is 3. The quantitative estimate of drug-likeness (QED) is 0.802. The molecule has 1 aliphatic rings. The number of carbonyl (C=O) groups is 1. The molecule has 0 saturated carbocycles. The van der Waals surface area contributed by atoms with Gasteiger partial charge in [0, 0.05) is 5.56 Å². The molecule has 0 fully saturated rings. The highest BCUT2D eigenvalue weighted by Gasteiger charge is 2.36. The van der Waals surface area contributed by atoms with E-state index in [-0.39, 0.29) is 6.10 Å². The molecule has 15 heavy (non-hydrogen) atoms. The molecule has 1 aliphatic heterocycles. The second-order valence-corrected chi connectivity index (χ2v) is 3.54. The van der Waals surface area contributed by atoms with Crippen molar-refractivity contribution in [3.05, 3.63) is 23.8 Å². The van der Waals surface area contributed by atoms with Crippen molar-refractivity contribution in [2.45, 2.75) is 18.9 Å². The lowest BCUT2D eigenvalue weighted by molar-refractivity contribution is -0.140. The van der Waals surface area contributed by atoms with Crippen molar-refractivity contribution >= 4 is 5.97 Å². The summed E-state index contributed by atoms with van der Waals surface area (Å²) in [5.41, 5.74) is 0.689. The Morgan fingerprint density at radius 3 is 2.87 bits per heavy atom. The predicted molar refractivity (Wildman–Crippen MR) is 53.5 cm³/mol. The number of aliphatic carboxylic acids is 1. The highest BCUT2D eigenvalue weighted by atomic mass is 16.5. The van der Waals surface area contributed by atoms with E-state index in [0.717, 1.165) is 0 Å². The third-order valence-corrected chi connectivity index (χ3v) is 2.60. The van der Waals surface area contributed by atoms with Crippen molar-refractivity contribution in [2.75, 3.05) is 7.11 Å². The maximum Gasteiger partial charge on any atom is 0.314 e. The average molecular weight is 208 g/mol. The van der Waals surface area contributed by atoms with E-state index in [0.29, 0.717) is 17.1 Å². The van der Waals surface area contributed by atoms with Gasteiger partial charge in [0.25, 0.3) is 0 Å². The molecule has 0 amide bonds. The Balaban J connectivity index is 2.46. The minimum atomic E-state index is -0.866. The van der Waals surface area contributed by atoms with Gasteiger partial charge in [-0.15, -0.1) is 0 Å². The molecule has 0 aromatic heterocycles. The van der Waals surface area contributed by atoms with Gasteiger partial charge in [-0.1, -0.05) is 0 Å². The summed E-state index contributed by atoms with van der Waals surface area (Å²) in [5.74, 6) is -0.182. The van der Waals surface area contributed by atoms with E-state index < -0.39 is 11.9 Å². The standard InChI is InChI=1S/C11H12O4/c1-6-10(11(12)13)8-5-7(14-2)3-4-9(8)15-6/h3-6,10H,1-2H3,(H,12,13). The lowest BCUT2D eigenvalue weighted by Crippen LogP contribution is -2.21. The van der Waals surface area contributed by atoms with E-state index in [1.165, 1.54) is 0 Å². The zero-order chi connectivity index (χ0) is 11.0. The second kappa shape index (κ2) is 3.46. The summed E-state index contributed by atoms with van der Waals surface area (Å²) >= 11 is 0. The van der Waals surface area contributed by atoms with Crippen LogP contribution in [0.4, 0.5) is 0 Å². The number of carboxylic acids is 1. The molecule has 2 unspecified atom stereocenters. The van der Waals surface area contributed by atoms with Gasteiger partial charge in [-0.2, -0.15) is 0 Å². The first-order valence-electron chi connectivity index (χ1n) is 4.71. The molecule has 2 rings (SSSR count). The van der Waals surface area contributed by atoms with Crippen molar-refractivity contribution in [3.8, 4) is 11.5 Å². The maximum atomic E-state index is 11.1. The molecular weight excluding hydrogens is 196 g/mol. The molecular formula is C11H12O4. The van der Waals surface area contributed by atoms with E-state index in [4.69, 9.17) is 14.6 Å². The molecule has 2 atom stereocenters. The van der Waals surface area contributed by atoms with Crippen LogP contribution in [0.25, 0.3) is 0 Å². The van der Waals surface area contributed by atoms with Crippen LogP contribution in [0.3, 0.4) is 0 Å². The summed E-state index contributed by atoms with van der Waals surface area (Å²) in [6.45, 7) is 1.76. The average Bonchev–Trinajstić information content (AvgIpc) is 2.52. The summed E-state index contributed by atoms with van der Waals surface area (Å²) in [7, 11) is 1.55. The fourth-order valence-electron chi connectivity index (χ4n) is 1.86. The van der Waals surface area contributed by atoms with Crippen molar-refractivity contribution in [1.29, 1.82) is 0 Å². The van der Waals surface area contributed by atoms with Gasteiger partial charge >= 0.3 is 5.97 Å². The predicted octanol–water partition coefficient (Wildman–Crippen LogP) is 1.64. The molecule has 80 valence electrons. The lowest BCUT2D eigenvalue weighted by Gasteiger charge is -2.08. The molecule has 0 spiro atoms. The van der Waals surface area contributed by atoms with Crippen LogP contribution >= 0.6 is 0 Å². The molecule has 0 saturated heterocycles. The first-order valence-corrected chi connectivity index (χ1v) is 4.71. The van der Waals surface area contributed by atoms with E-state index in [1.54, 1.807) is 32.2 Å². The van der Waals surface area contributed by atoms with E-state index >= 15 is 0 Å². The fourth-order valence-corrected chi connectivity index (χ4v) is 1.86. The molecule has 4 heteroatoms. The second-order valence-electron chi connectivity index (χ2n) is 3.54. The molecule has 1 N–H and O–H groups in total. The number of benzene rings is 1. The van der Waals surface area contributed by atoms with Crippen molar-refractivity contribution < 1.29 is 19.4 Å². The van der Waals surface area contributed by atoms with Crippen LogP contribution in [-0.2, 0) is 4.79 Å². The first kappa shape index (κ1) is 9.83. The van der Waals surface area contributed by atoms with Crippen LogP contribution in [0, 0.1) is 0 Å². The maximum absolute atomic E-state index is 11.1. The van der Waals surface area contributed by atoms with Gasteiger partial charge in [0.2, 0.25) is 0 Å². The fraction of sp³-hybridized carbons (Fsp3) is 0.364. The Kier molecular flexibility index (Phi) is 2.26. The number of methoxy groups -OCH3 is 1. The number of fused-ring (bicyclic) bond motifs is 1. The zero-order valence-corrected chi connectivity index (χ0v) is 8.56. The summed E-state index contributed by atoms with van der Waals surface area (Å²) in [5, 5.41) is 9.07. The van der Waals surface area contributed by atoms with Crippen LogP contribution in [0.1, 0.15) is 18.4 Å². The minimum Gasteiger partial charge on any atom is -0.497 e. The Bertz CT molecular complexity index is 400. The van der Waals surface area contributed by atoms with Gasteiger partial charge in [0.15, 0.2) is 0 Å². The van der Waals surface area contributed by atoms with Gasteiger partial charge < -0.3 is 14.6 Å². The molecule has 0 radical (unpaired) electrons. The van der Waals surface area contributed by atoms with Crippen LogP contribution in [0.5, 0.6) is 11.5 Å². The Labute approximate surface area is 87.4 Å². The number of rotatable bonds is 2. The van der Waals surface area contributed by atoms with Gasteiger partial charge in [0.1, 0.15) is 23.5 Å². The summed E-state index contributed by atoms with van der Waals surface area (Å²) in [6.07, 6.45) is -0.329. The van der Waals surface area contributed by atoms with Crippen LogP contribution < -0.4 is 9.47 Å². The van der Waals surface area contributed by atoms with Gasteiger partial charge in [-0.25, -0.2) is 0 Å². The summed E-state index contributed by atoms with van der Waals surface area (Å²) in [6, 6.07) is 5.22. The van der Waals surface area contributed by atoms with Crippen molar-refractivity contribution in [3.63, 3.8) is 0 Å². The first-order chi connectivity index (χ1) is 7.13. The smallest absolute Gasteiger partial charge is 0.314 e. The van der Waals surface area contributed by atoms with Gasteiger partial charge in [-0.3, -0.25) is 4.79 Å². The molecule has 1 aromatic rings. The Hall–Kier alpha value is -1.71. The minimum absolute atomic E-state index is 0.329. The highest BCUT2D eigenvalue weighted by molar-refractivity contribution is 5.79. The van der Waals surface area contributed by atoms with E-state index in [1.807, 2.05) is 0 Å². The zero-order valence-electron chi connectivity index (χ0n) is 8.56. The van der Waals surface area contributed by atoms with E-state index in [9.17, 15) is 4.79 Å². The number of ether oxygens (including phenoxy) is 2. The molecule has 0 aliphatic carbocycles.